The first-order chi connectivity index (χ1) is 14.6. The molecule has 0 unspecified atom stereocenters. The van der Waals surface area contributed by atoms with Crippen LogP contribution in [-0.4, -0.2) is 29.9 Å². The minimum atomic E-state index is -0.516. The van der Waals surface area contributed by atoms with Crippen LogP contribution in [0.2, 0.25) is 0 Å². The maximum atomic E-state index is 13.4. The number of benzene rings is 2. The number of nitrogens with zero attached hydrogens (tertiary/aromatic N) is 1. The zero-order chi connectivity index (χ0) is 20.8. The van der Waals surface area contributed by atoms with Crippen molar-refractivity contribution in [2.24, 2.45) is 0 Å². The second-order valence-electron chi connectivity index (χ2n) is 7.25. The summed E-state index contributed by atoms with van der Waals surface area (Å²) in [5, 5.41) is 3.18. The predicted molar refractivity (Wildman–Crippen MR) is 114 cm³/mol. The molecule has 2 aromatic carbocycles. The van der Waals surface area contributed by atoms with E-state index < -0.39 is 5.54 Å². The van der Waals surface area contributed by atoms with Crippen molar-refractivity contribution in [1.29, 1.82) is 0 Å². The highest BCUT2D eigenvalue weighted by atomic mass is 32.2. The molecular formula is C23H23FN2O3S. The molecule has 3 aromatic rings. The van der Waals surface area contributed by atoms with Gasteiger partial charge in [-0.2, -0.15) is 0 Å². The van der Waals surface area contributed by atoms with Gasteiger partial charge in [0.05, 0.1) is 17.0 Å². The number of carbonyl (C=O) groups excluding carboxylic acids is 1. The number of rotatable bonds is 7. The first kappa shape index (κ1) is 20.6. The molecule has 0 aliphatic carbocycles. The molecule has 7 heteroatoms. The summed E-state index contributed by atoms with van der Waals surface area (Å²) in [6.07, 6.45) is 2.96. The van der Waals surface area contributed by atoms with Gasteiger partial charge in [-0.3, -0.25) is 4.79 Å². The minimum Gasteiger partial charge on any atom is -0.444 e. The van der Waals surface area contributed by atoms with E-state index in [2.05, 4.69) is 10.3 Å². The zero-order valence-corrected chi connectivity index (χ0v) is 17.3. The van der Waals surface area contributed by atoms with Gasteiger partial charge in [0.15, 0.2) is 0 Å². The summed E-state index contributed by atoms with van der Waals surface area (Å²) < 4.78 is 24.4. The van der Waals surface area contributed by atoms with E-state index in [0.717, 1.165) is 16.8 Å². The van der Waals surface area contributed by atoms with Crippen LogP contribution in [0.1, 0.15) is 24.1 Å². The summed E-state index contributed by atoms with van der Waals surface area (Å²) in [4.78, 5) is 17.2. The van der Waals surface area contributed by atoms with E-state index in [1.54, 1.807) is 18.4 Å². The van der Waals surface area contributed by atoms with Crippen molar-refractivity contribution >= 4 is 17.7 Å². The van der Waals surface area contributed by atoms with Crippen LogP contribution in [0, 0.1) is 5.82 Å². The van der Waals surface area contributed by atoms with Crippen molar-refractivity contribution in [3.05, 3.63) is 77.9 Å². The fourth-order valence-electron chi connectivity index (χ4n) is 3.61. The number of hydrogen-bond donors (Lipinski definition) is 1. The van der Waals surface area contributed by atoms with Crippen LogP contribution < -0.4 is 5.32 Å². The van der Waals surface area contributed by atoms with Gasteiger partial charge >= 0.3 is 0 Å². The average molecular weight is 427 g/mol. The molecule has 1 aliphatic heterocycles. The van der Waals surface area contributed by atoms with Crippen LogP contribution >= 0.6 is 11.8 Å². The molecule has 4 rings (SSSR count). The zero-order valence-electron chi connectivity index (χ0n) is 16.5. The molecule has 30 heavy (non-hydrogen) atoms. The fraction of sp³-hybridized carbons (Fsp3) is 0.304. The summed E-state index contributed by atoms with van der Waals surface area (Å²) in [5.41, 5.74) is 2.12. The second kappa shape index (κ2) is 9.45. The Labute approximate surface area is 179 Å². The van der Waals surface area contributed by atoms with Gasteiger partial charge in [-0.1, -0.05) is 30.3 Å². The molecule has 1 amide bonds. The topological polar surface area (TPSA) is 64.4 Å². The van der Waals surface area contributed by atoms with Crippen molar-refractivity contribution in [2.45, 2.75) is 24.1 Å². The summed E-state index contributed by atoms with van der Waals surface area (Å²) in [6.45, 7) is 1.12. The minimum absolute atomic E-state index is 0.0574. The lowest BCUT2D eigenvalue weighted by Gasteiger charge is -2.38. The van der Waals surface area contributed by atoms with Crippen molar-refractivity contribution in [3.8, 4) is 11.5 Å². The maximum Gasteiger partial charge on any atom is 0.230 e. The highest BCUT2D eigenvalue weighted by Gasteiger charge is 2.35. The number of aromatic nitrogens is 1. The van der Waals surface area contributed by atoms with Gasteiger partial charge in [0.2, 0.25) is 11.8 Å². The number of ether oxygens (including phenoxy) is 1. The molecule has 0 atom stereocenters. The SMILES string of the molecule is O=C(CSCc1coc(-c2ccccc2)n1)NC1(c2ccc(F)cc2)CCOCC1. The predicted octanol–water partition coefficient (Wildman–Crippen LogP) is 4.54. The Bertz CT molecular complexity index is 970. The first-order valence-electron chi connectivity index (χ1n) is 9.87. The Balaban J connectivity index is 1.34. The van der Waals surface area contributed by atoms with Crippen molar-refractivity contribution < 1.29 is 18.3 Å². The maximum absolute atomic E-state index is 13.4. The summed E-state index contributed by atoms with van der Waals surface area (Å²) >= 11 is 1.48. The van der Waals surface area contributed by atoms with Crippen molar-refractivity contribution in [2.75, 3.05) is 19.0 Å². The Kier molecular flexibility index (Phi) is 6.50. The molecule has 0 bridgehead atoms. The Morgan fingerprint density at radius 1 is 1.10 bits per heavy atom. The molecule has 1 aliphatic rings. The van der Waals surface area contributed by atoms with Gasteiger partial charge in [-0.15, -0.1) is 11.8 Å². The van der Waals surface area contributed by atoms with E-state index in [9.17, 15) is 9.18 Å². The number of hydrogen-bond acceptors (Lipinski definition) is 5. The van der Waals surface area contributed by atoms with Crippen LogP contribution in [-0.2, 0) is 20.8 Å². The van der Waals surface area contributed by atoms with Crippen molar-refractivity contribution in [3.63, 3.8) is 0 Å². The number of nitrogens with one attached hydrogen (secondary N) is 1. The third kappa shape index (κ3) is 4.91. The van der Waals surface area contributed by atoms with Crippen LogP contribution in [0.3, 0.4) is 0 Å². The molecule has 156 valence electrons. The van der Waals surface area contributed by atoms with Gasteiger partial charge in [-0.25, -0.2) is 9.37 Å². The highest BCUT2D eigenvalue weighted by Crippen LogP contribution is 2.32. The van der Waals surface area contributed by atoms with Crippen LogP contribution in [0.4, 0.5) is 4.39 Å². The van der Waals surface area contributed by atoms with Gasteiger partial charge in [0.1, 0.15) is 12.1 Å². The Hall–Kier alpha value is -2.64. The number of amides is 1. The molecular weight excluding hydrogens is 403 g/mol. The molecule has 5 nitrogen and oxygen atoms in total. The van der Waals surface area contributed by atoms with Gasteiger partial charge < -0.3 is 14.5 Å². The van der Waals surface area contributed by atoms with E-state index >= 15 is 0 Å². The normalized spacial score (nSPS) is 15.6. The molecule has 1 aromatic heterocycles. The Morgan fingerprint density at radius 2 is 1.83 bits per heavy atom. The van der Waals surface area contributed by atoms with Crippen molar-refractivity contribution in [1.82, 2.24) is 10.3 Å². The Morgan fingerprint density at radius 3 is 2.57 bits per heavy atom. The lowest BCUT2D eigenvalue weighted by Crippen LogP contribution is -2.50. The molecule has 0 spiro atoms. The summed E-state index contributed by atoms with van der Waals surface area (Å²) in [7, 11) is 0. The highest BCUT2D eigenvalue weighted by molar-refractivity contribution is 7.99. The van der Waals surface area contributed by atoms with Gasteiger partial charge in [0.25, 0.3) is 0 Å². The molecule has 0 saturated carbocycles. The quantitative estimate of drug-likeness (QED) is 0.601. The third-order valence-corrected chi connectivity index (χ3v) is 6.14. The molecule has 1 fully saturated rings. The standard InChI is InChI=1S/C23H23FN2O3S/c24-19-8-6-18(7-9-19)23(10-12-28-13-11-23)26-21(27)16-30-15-20-14-29-22(25-20)17-4-2-1-3-5-17/h1-9,14H,10-13,15-16H2,(H,26,27). The number of thioether (sulfide) groups is 1. The molecule has 1 N–H and O–H groups in total. The number of halogens is 1. The van der Waals surface area contributed by atoms with Gasteiger partial charge in [0, 0.05) is 24.5 Å². The van der Waals surface area contributed by atoms with E-state index in [1.165, 1.54) is 23.9 Å². The van der Waals surface area contributed by atoms with Crippen LogP contribution in [0.25, 0.3) is 11.5 Å². The average Bonchev–Trinajstić information content (AvgIpc) is 3.24. The van der Waals surface area contributed by atoms with E-state index in [4.69, 9.17) is 9.15 Å². The molecule has 0 radical (unpaired) electrons. The van der Waals surface area contributed by atoms with E-state index in [1.807, 2.05) is 30.3 Å². The fourth-order valence-corrected chi connectivity index (χ4v) is 4.31. The lowest BCUT2D eigenvalue weighted by atomic mass is 9.82. The van der Waals surface area contributed by atoms with Crippen LogP contribution in [0.5, 0.6) is 0 Å². The first-order valence-corrected chi connectivity index (χ1v) is 11.0. The van der Waals surface area contributed by atoms with Gasteiger partial charge in [-0.05, 0) is 42.7 Å². The summed E-state index contributed by atoms with van der Waals surface area (Å²) in [6, 6.07) is 16.1. The number of oxazole rings is 1. The van der Waals surface area contributed by atoms with E-state index in [0.29, 0.717) is 43.5 Å². The monoisotopic (exact) mass is 426 g/mol. The van der Waals surface area contributed by atoms with Crippen LogP contribution in [0.15, 0.2) is 65.3 Å². The van der Waals surface area contributed by atoms with E-state index in [-0.39, 0.29) is 11.7 Å². The number of carbonyl (C=O) groups is 1. The third-order valence-electron chi connectivity index (χ3n) is 5.18. The second-order valence-corrected chi connectivity index (χ2v) is 8.24. The molecule has 1 saturated heterocycles. The largest absolute Gasteiger partial charge is 0.444 e. The lowest BCUT2D eigenvalue weighted by molar-refractivity contribution is -0.121. The smallest absolute Gasteiger partial charge is 0.230 e. The summed E-state index contributed by atoms with van der Waals surface area (Å²) in [5.74, 6) is 1.12. The molecule has 2 heterocycles.